The van der Waals surface area contributed by atoms with Crippen molar-refractivity contribution in [3.63, 3.8) is 0 Å². The number of nitro groups is 1. The van der Waals surface area contributed by atoms with Crippen molar-refractivity contribution in [2.24, 2.45) is 0 Å². The molecule has 0 aliphatic rings. The number of nitrogens with zero attached hydrogens (tertiary/aromatic N) is 1. The van der Waals surface area contributed by atoms with E-state index in [1.165, 1.54) is 6.07 Å². The lowest BCUT2D eigenvalue weighted by molar-refractivity contribution is -0.384. The fraction of sp³-hybridized carbons (Fsp3) is 0.455. The molecule has 0 aliphatic carbocycles. The Balaban J connectivity index is 2.88. The van der Waals surface area contributed by atoms with Gasteiger partial charge in [-0.1, -0.05) is 6.92 Å². The van der Waals surface area contributed by atoms with E-state index in [0.717, 1.165) is 18.6 Å². The first-order valence-electron chi connectivity index (χ1n) is 5.27. The van der Waals surface area contributed by atoms with Crippen LogP contribution < -0.4 is 5.32 Å². The average Bonchev–Trinajstić information content (AvgIpc) is 2.30. The maximum Gasteiger partial charge on any atom is 0.271 e. The zero-order valence-electron chi connectivity index (χ0n) is 9.77. The number of non-ortho nitro benzene ring substituents is 1. The first-order chi connectivity index (χ1) is 8.08. The molecule has 1 rings (SSSR count). The van der Waals surface area contributed by atoms with Gasteiger partial charge in [-0.05, 0) is 12.5 Å². The minimum absolute atomic E-state index is 0.0727. The van der Waals surface area contributed by atoms with E-state index < -0.39 is 10.7 Å². The number of nitro benzene ring substituents is 1. The minimum atomic E-state index is -0.554. The summed E-state index contributed by atoms with van der Waals surface area (Å²) >= 11 is 0. The van der Waals surface area contributed by atoms with Crippen molar-refractivity contribution in [3.8, 4) is 0 Å². The van der Waals surface area contributed by atoms with Gasteiger partial charge in [0, 0.05) is 25.3 Å². The zero-order valence-corrected chi connectivity index (χ0v) is 9.77. The number of nitrogens with one attached hydrogen (secondary N) is 1. The lowest BCUT2D eigenvalue weighted by Gasteiger charge is -2.17. The molecule has 0 bridgehead atoms. The molecule has 0 saturated carbocycles. The van der Waals surface area contributed by atoms with Crippen molar-refractivity contribution in [2.45, 2.75) is 19.4 Å². The Morgan fingerprint density at radius 1 is 1.59 bits per heavy atom. The maximum absolute atomic E-state index is 13.4. The molecule has 0 saturated heterocycles. The fourth-order valence-corrected chi connectivity index (χ4v) is 1.42. The molecule has 0 fully saturated rings. The first kappa shape index (κ1) is 13.4. The highest BCUT2D eigenvalue weighted by Gasteiger charge is 2.13. The van der Waals surface area contributed by atoms with Gasteiger partial charge in [-0.3, -0.25) is 10.1 Å². The fourth-order valence-electron chi connectivity index (χ4n) is 1.42. The van der Waals surface area contributed by atoms with Gasteiger partial charge in [0.15, 0.2) is 0 Å². The number of ether oxygens (including phenoxy) is 1. The molecule has 1 aromatic carbocycles. The van der Waals surface area contributed by atoms with E-state index >= 15 is 0 Å². The molecule has 17 heavy (non-hydrogen) atoms. The lowest BCUT2D eigenvalue weighted by atomic mass is 10.2. The van der Waals surface area contributed by atoms with Crippen LogP contribution in [-0.2, 0) is 4.74 Å². The van der Waals surface area contributed by atoms with Gasteiger partial charge in [0.25, 0.3) is 5.69 Å². The molecule has 0 aliphatic heterocycles. The highest BCUT2D eigenvalue weighted by Crippen LogP contribution is 2.22. The second kappa shape index (κ2) is 6.15. The summed E-state index contributed by atoms with van der Waals surface area (Å²) in [4.78, 5) is 10.0. The monoisotopic (exact) mass is 242 g/mol. The van der Waals surface area contributed by atoms with Crippen LogP contribution in [0.25, 0.3) is 0 Å². The van der Waals surface area contributed by atoms with Crippen LogP contribution in [0.3, 0.4) is 0 Å². The molecule has 5 nitrogen and oxygen atoms in total. The Labute approximate surface area is 98.7 Å². The van der Waals surface area contributed by atoms with Gasteiger partial charge < -0.3 is 10.1 Å². The third-order valence-corrected chi connectivity index (χ3v) is 2.38. The Hall–Kier alpha value is -1.69. The molecule has 0 amide bonds. The summed E-state index contributed by atoms with van der Waals surface area (Å²) < 4.78 is 18.4. The molecule has 1 atom stereocenters. The summed E-state index contributed by atoms with van der Waals surface area (Å²) in [6.45, 7) is 2.34. The summed E-state index contributed by atoms with van der Waals surface area (Å²) in [5.74, 6) is -0.509. The van der Waals surface area contributed by atoms with Gasteiger partial charge in [-0.25, -0.2) is 4.39 Å². The standard InChI is InChI=1S/C11H15FN2O3/c1-3-8(7-17-2)13-11-6-9(14(15)16)4-5-10(11)12/h4-6,8,13H,3,7H2,1-2H3. The summed E-state index contributed by atoms with van der Waals surface area (Å²) in [5, 5.41) is 13.5. The summed E-state index contributed by atoms with van der Waals surface area (Å²) in [6.07, 6.45) is 0.732. The van der Waals surface area contributed by atoms with Gasteiger partial charge in [-0.15, -0.1) is 0 Å². The molecule has 0 heterocycles. The maximum atomic E-state index is 13.4. The van der Waals surface area contributed by atoms with Gasteiger partial charge >= 0.3 is 0 Å². The highest BCUT2D eigenvalue weighted by molar-refractivity contribution is 5.52. The number of methoxy groups -OCH3 is 1. The van der Waals surface area contributed by atoms with Crippen LogP contribution >= 0.6 is 0 Å². The molecular formula is C11H15FN2O3. The molecular weight excluding hydrogens is 227 g/mol. The third kappa shape index (κ3) is 3.67. The minimum Gasteiger partial charge on any atom is -0.383 e. The summed E-state index contributed by atoms with van der Waals surface area (Å²) in [7, 11) is 1.55. The van der Waals surface area contributed by atoms with Crippen LogP contribution in [0.4, 0.5) is 15.8 Å². The Kier molecular flexibility index (Phi) is 4.84. The normalized spacial score (nSPS) is 12.2. The van der Waals surface area contributed by atoms with Crippen molar-refractivity contribution >= 4 is 11.4 Å². The predicted molar refractivity (Wildman–Crippen MR) is 62.6 cm³/mol. The van der Waals surface area contributed by atoms with E-state index in [2.05, 4.69) is 5.32 Å². The molecule has 1 unspecified atom stereocenters. The van der Waals surface area contributed by atoms with Gasteiger partial charge in [0.2, 0.25) is 0 Å². The average molecular weight is 242 g/mol. The van der Waals surface area contributed by atoms with E-state index in [1.54, 1.807) is 7.11 Å². The molecule has 6 heteroatoms. The smallest absolute Gasteiger partial charge is 0.271 e. The SMILES string of the molecule is CCC(COC)Nc1cc([N+](=O)[O-])ccc1F. The molecule has 0 spiro atoms. The van der Waals surface area contributed by atoms with Gasteiger partial charge in [0.05, 0.1) is 17.2 Å². The van der Waals surface area contributed by atoms with Crippen molar-refractivity contribution in [2.75, 3.05) is 19.0 Å². The van der Waals surface area contributed by atoms with Crippen molar-refractivity contribution in [1.82, 2.24) is 0 Å². The van der Waals surface area contributed by atoms with Crippen LogP contribution in [-0.4, -0.2) is 24.7 Å². The number of hydrogen-bond acceptors (Lipinski definition) is 4. The Morgan fingerprint density at radius 2 is 2.29 bits per heavy atom. The largest absolute Gasteiger partial charge is 0.383 e. The van der Waals surface area contributed by atoms with E-state index in [4.69, 9.17) is 4.74 Å². The van der Waals surface area contributed by atoms with Crippen LogP contribution in [0, 0.1) is 15.9 Å². The van der Waals surface area contributed by atoms with Crippen molar-refractivity contribution in [3.05, 3.63) is 34.1 Å². The van der Waals surface area contributed by atoms with Gasteiger partial charge in [0.1, 0.15) is 5.82 Å². The quantitative estimate of drug-likeness (QED) is 0.615. The number of benzene rings is 1. The van der Waals surface area contributed by atoms with Crippen molar-refractivity contribution in [1.29, 1.82) is 0 Å². The highest BCUT2D eigenvalue weighted by atomic mass is 19.1. The molecule has 1 N–H and O–H groups in total. The van der Waals surface area contributed by atoms with Gasteiger partial charge in [-0.2, -0.15) is 0 Å². The Bertz CT molecular complexity index is 398. The first-order valence-corrected chi connectivity index (χ1v) is 5.27. The number of hydrogen-bond donors (Lipinski definition) is 1. The lowest BCUT2D eigenvalue weighted by Crippen LogP contribution is -2.24. The molecule has 0 radical (unpaired) electrons. The summed E-state index contributed by atoms with van der Waals surface area (Å²) in [6, 6.07) is 3.34. The predicted octanol–water partition coefficient (Wildman–Crippen LogP) is 2.57. The van der Waals surface area contributed by atoms with E-state index in [1.807, 2.05) is 6.92 Å². The molecule has 94 valence electrons. The molecule has 1 aromatic rings. The second-order valence-electron chi connectivity index (χ2n) is 3.63. The van der Waals surface area contributed by atoms with Crippen LogP contribution in [0.1, 0.15) is 13.3 Å². The van der Waals surface area contributed by atoms with E-state index in [9.17, 15) is 14.5 Å². The zero-order chi connectivity index (χ0) is 12.8. The second-order valence-corrected chi connectivity index (χ2v) is 3.63. The number of anilines is 1. The van der Waals surface area contributed by atoms with Crippen LogP contribution in [0.2, 0.25) is 0 Å². The van der Waals surface area contributed by atoms with Crippen molar-refractivity contribution < 1.29 is 14.1 Å². The Morgan fingerprint density at radius 3 is 2.82 bits per heavy atom. The van der Waals surface area contributed by atoms with E-state index in [-0.39, 0.29) is 17.4 Å². The van der Waals surface area contributed by atoms with E-state index in [0.29, 0.717) is 6.61 Å². The van der Waals surface area contributed by atoms with Crippen LogP contribution in [0.15, 0.2) is 18.2 Å². The third-order valence-electron chi connectivity index (χ3n) is 2.38. The number of rotatable bonds is 6. The molecule has 0 aromatic heterocycles. The number of halogens is 1. The topological polar surface area (TPSA) is 64.4 Å². The van der Waals surface area contributed by atoms with Crippen LogP contribution in [0.5, 0.6) is 0 Å². The summed E-state index contributed by atoms with van der Waals surface area (Å²) in [5.41, 5.74) is -0.00994.